The molecule has 0 spiro atoms. The minimum atomic E-state index is -3.69. The van der Waals surface area contributed by atoms with Crippen LogP contribution in [0.5, 0.6) is 0 Å². The number of ether oxygens (including phenoxy) is 1. The third kappa shape index (κ3) is 5.02. The average Bonchev–Trinajstić information content (AvgIpc) is 2.77. The molecule has 10 heteroatoms. The van der Waals surface area contributed by atoms with Crippen molar-refractivity contribution in [2.24, 2.45) is 17.3 Å². The molecular formula is C26H37N3O6S. The predicted molar refractivity (Wildman–Crippen MR) is 135 cm³/mol. The van der Waals surface area contributed by atoms with Crippen molar-refractivity contribution >= 4 is 33.5 Å². The minimum absolute atomic E-state index is 0.0830. The summed E-state index contributed by atoms with van der Waals surface area (Å²) in [5, 5.41) is 5.79. The normalized spacial score (nSPS) is 28.7. The number of hydrogen-bond donors (Lipinski definition) is 2. The predicted octanol–water partition coefficient (Wildman–Crippen LogP) is 2.98. The molecule has 0 aliphatic heterocycles. The van der Waals surface area contributed by atoms with Gasteiger partial charge in [-0.15, -0.1) is 0 Å². The van der Waals surface area contributed by atoms with E-state index in [9.17, 15) is 22.8 Å². The van der Waals surface area contributed by atoms with Crippen LogP contribution in [0.2, 0.25) is 0 Å². The second kappa shape index (κ2) is 9.78. The largest absolute Gasteiger partial charge is 0.455 e. The number of rotatable bonds is 9. The van der Waals surface area contributed by atoms with Crippen LogP contribution in [0, 0.1) is 24.2 Å². The molecule has 0 saturated heterocycles. The van der Waals surface area contributed by atoms with Crippen LogP contribution in [0.4, 0.5) is 5.69 Å². The number of amides is 2. The fraction of sp³-hybridized carbons (Fsp3) is 0.654. The quantitative estimate of drug-likeness (QED) is 0.484. The number of carbonyl (C=O) groups is 3. The smallest absolute Gasteiger partial charge is 0.312 e. The summed E-state index contributed by atoms with van der Waals surface area (Å²) in [6, 6.07) is 4.72. The number of aryl methyl sites for hydroxylation is 1. The van der Waals surface area contributed by atoms with Crippen LogP contribution in [-0.2, 0) is 29.1 Å². The lowest BCUT2D eigenvalue weighted by molar-refractivity contribution is -0.176. The lowest BCUT2D eigenvalue weighted by Crippen LogP contribution is -2.64. The molecular weight excluding hydrogens is 482 g/mol. The topological polar surface area (TPSA) is 122 Å². The Kier molecular flexibility index (Phi) is 7.22. The van der Waals surface area contributed by atoms with Crippen molar-refractivity contribution in [1.82, 2.24) is 9.62 Å². The summed E-state index contributed by atoms with van der Waals surface area (Å²) in [6.07, 6.45) is 4.88. The number of hydrogen-bond acceptors (Lipinski definition) is 6. The first-order valence-electron chi connectivity index (χ1n) is 12.8. The van der Waals surface area contributed by atoms with E-state index in [1.54, 1.807) is 32.9 Å². The van der Waals surface area contributed by atoms with Crippen LogP contribution in [0.3, 0.4) is 0 Å². The van der Waals surface area contributed by atoms with Crippen molar-refractivity contribution in [3.8, 4) is 0 Å². The molecule has 4 aliphatic carbocycles. The van der Waals surface area contributed by atoms with Gasteiger partial charge in [-0.3, -0.25) is 14.4 Å². The molecule has 4 bridgehead atoms. The van der Waals surface area contributed by atoms with Crippen LogP contribution in [-0.4, -0.2) is 55.7 Å². The zero-order chi connectivity index (χ0) is 26.3. The lowest BCUT2D eigenvalue weighted by Gasteiger charge is -2.60. The average molecular weight is 520 g/mol. The third-order valence-corrected chi connectivity index (χ3v) is 10.3. The molecule has 2 amide bonds. The molecule has 1 aromatic carbocycles. The summed E-state index contributed by atoms with van der Waals surface area (Å²) in [5.74, 6) is -0.244. The maximum absolute atomic E-state index is 13.3. The van der Waals surface area contributed by atoms with E-state index in [0.717, 1.165) is 32.1 Å². The van der Waals surface area contributed by atoms with Crippen molar-refractivity contribution in [3.63, 3.8) is 0 Å². The van der Waals surface area contributed by atoms with Gasteiger partial charge in [0.25, 0.3) is 5.91 Å². The molecule has 198 valence electrons. The van der Waals surface area contributed by atoms with Crippen molar-refractivity contribution < 1.29 is 27.5 Å². The lowest BCUT2D eigenvalue weighted by atomic mass is 9.47. The van der Waals surface area contributed by atoms with E-state index in [0.29, 0.717) is 42.6 Å². The highest BCUT2D eigenvalue weighted by atomic mass is 32.2. The number of esters is 1. The molecule has 4 fully saturated rings. The second-order valence-electron chi connectivity index (χ2n) is 10.9. The minimum Gasteiger partial charge on any atom is -0.455 e. The molecule has 0 aromatic heterocycles. The van der Waals surface area contributed by atoms with Gasteiger partial charge in [-0.25, -0.2) is 8.42 Å². The molecule has 2 unspecified atom stereocenters. The first-order chi connectivity index (χ1) is 16.9. The second-order valence-corrected chi connectivity index (χ2v) is 12.8. The van der Waals surface area contributed by atoms with Gasteiger partial charge in [0, 0.05) is 31.2 Å². The zero-order valence-electron chi connectivity index (χ0n) is 21.6. The zero-order valence-corrected chi connectivity index (χ0v) is 22.4. The highest BCUT2D eigenvalue weighted by Gasteiger charge is 2.61. The van der Waals surface area contributed by atoms with Gasteiger partial charge in [0.2, 0.25) is 15.9 Å². The van der Waals surface area contributed by atoms with E-state index in [4.69, 9.17) is 4.74 Å². The van der Waals surface area contributed by atoms with Crippen molar-refractivity contribution in [1.29, 1.82) is 0 Å². The Balaban J connectivity index is 1.42. The summed E-state index contributed by atoms with van der Waals surface area (Å²) in [6.45, 7) is 7.01. The van der Waals surface area contributed by atoms with Gasteiger partial charge >= 0.3 is 5.97 Å². The number of carbonyl (C=O) groups excluding carboxylic acids is 3. The summed E-state index contributed by atoms with van der Waals surface area (Å²) in [5.41, 5.74) is -0.110. The van der Waals surface area contributed by atoms with Crippen molar-refractivity contribution in [2.45, 2.75) is 76.7 Å². The first-order valence-corrected chi connectivity index (χ1v) is 14.2. The summed E-state index contributed by atoms with van der Waals surface area (Å²) in [7, 11) is -3.69. The van der Waals surface area contributed by atoms with Gasteiger partial charge < -0.3 is 15.4 Å². The van der Waals surface area contributed by atoms with Gasteiger partial charge in [0.15, 0.2) is 6.61 Å². The Morgan fingerprint density at radius 2 is 1.72 bits per heavy atom. The van der Waals surface area contributed by atoms with Crippen LogP contribution >= 0.6 is 0 Å². The highest BCUT2D eigenvalue weighted by molar-refractivity contribution is 7.89. The standard InChI is InChI=1S/C26H37N3O6S/c1-5-29(6-2)36(33,34)22-10-21(8-7-17(22)3)27-23(31)15-35-24(32)25-11-19-9-20(12-25)14-26(13-19,16-25)28-18(4)30/h7-8,10,19-20H,5-6,9,11-16H2,1-4H3,(H,27,31)(H,28,30). The van der Waals surface area contributed by atoms with Gasteiger partial charge in [-0.05, 0) is 75.0 Å². The number of anilines is 1. The Morgan fingerprint density at radius 3 is 2.31 bits per heavy atom. The molecule has 1 aromatic rings. The molecule has 0 heterocycles. The molecule has 4 aliphatic rings. The maximum Gasteiger partial charge on any atom is 0.312 e. The van der Waals surface area contributed by atoms with E-state index in [1.807, 2.05) is 0 Å². The van der Waals surface area contributed by atoms with E-state index in [-0.39, 0.29) is 22.3 Å². The van der Waals surface area contributed by atoms with E-state index >= 15 is 0 Å². The fourth-order valence-electron chi connectivity index (χ4n) is 7.16. The molecule has 2 N–H and O–H groups in total. The van der Waals surface area contributed by atoms with Gasteiger partial charge in [-0.1, -0.05) is 19.9 Å². The van der Waals surface area contributed by atoms with Crippen LogP contribution < -0.4 is 10.6 Å². The van der Waals surface area contributed by atoms with E-state index in [2.05, 4.69) is 10.6 Å². The highest BCUT2D eigenvalue weighted by Crippen LogP contribution is 2.62. The van der Waals surface area contributed by atoms with Crippen LogP contribution in [0.25, 0.3) is 0 Å². The van der Waals surface area contributed by atoms with Gasteiger partial charge in [-0.2, -0.15) is 4.31 Å². The summed E-state index contributed by atoms with van der Waals surface area (Å²) in [4.78, 5) is 37.9. The molecule has 5 rings (SSSR count). The number of nitrogens with zero attached hydrogens (tertiary/aromatic N) is 1. The monoisotopic (exact) mass is 519 g/mol. The van der Waals surface area contributed by atoms with Gasteiger partial charge in [0.1, 0.15) is 0 Å². The summed E-state index contributed by atoms with van der Waals surface area (Å²) >= 11 is 0. The molecule has 36 heavy (non-hydrogen) atoms. The van der Waals surface area contributed by atoms with Crippen LogP contribution in [0.1, 0.15) is 64.9 Å². The number of nitrogens with one attached hydrogen (secondary N) is 2. The maximum atomic E-state index is 13.3. The SMILES string of the molecule is CCN(CC)S(=O)(=O)c1cc(NC(=O)COC(=O)C23CC4CC(CC(NC(C)=O)(C4)C2)C3)ccc1C. The van der Waals surface area contributed by atoms with Crippen molar-refractivity contribution in [3.05, 3.63) is 23.8 Å². The molecule has 0 radical (unpaired) electrons. The molecule has 9 nitrogen and oxygen atoms in total. The van der Waals surface area contributed by atoms with E-state index in [1.165, 1.54) is 17.3 Å². The molecule has 4 saturated carbocycles. The Morgan fingerprint density at radius 1 is 1.08 bits per heavy atom. The Hall–Kier alpha value is -2.46. The number of benzene rings is 1. The van der Waals surface area contributed by atoms with Gasteiger partial charge in [0.05, 0.1) is 10.3 Å². The Bertz CT molecular complexity index is 1150. The van der Waals surface area contributed by atoms with E-state index < -0.39 is 28.0 Å². The third-order valence-electron chi connectivity index (χ3n) is 8.06. The first kappa shape index (κ1) is 26.6. The van der Waals surface area contributed by atoms with Crippen molar-refractivity contribution in [2.75, 3.05) is 25.0 Å². The summed E-state index contributed by atoms with van der Waals surface area (Å²) < 4.78 is 32.8. The Labute approximate surface area is 213 Å². The van der Waals surface area contributed by atoms with Crippen LogP contribution in [0.15, 0.2) is 23.1 Å². The number of sulfonamides is 1. The fourth-order valence-corrected chi connectivity index (χ4v) is 8.87. The molecule has 2 atom stereocenters.